The second-order valence-corrected chi connectivity index (χ2v) is 15.7. The summed E-state index contributed by atoms with van der Waals surface area (Å²) in [5.74, 6) is 3.49. The van der Waals surface area contributed by atoms with E-state index in [9.17, 15) is 0 Å². The maximum Gasteiger partial charge on any atom is 0.203 e. The molecule has 0 saturated carbocycles. The topological polar surface area (TPSA) is 92.3 Å². The lowest BCUT2D eigenvalue weighted by Gasteiger charge is -2.15. The summed E-state index contributed by atoms with van der Waals surface area (Å²) in [6, 6.07) is 33.1. The van der Waals surface area contributed by atoms with Gasteiger partial charge in [-0.3, -0.25) is 0 Å². The molecule has 5 aromatic rings. The molecule has 10 heteroatoms. The highest BCUT2D eigenvalue weighted by molar-refractivity contribution is 5.77. The van der Waals surface area contributed by atoms with Gasteiger partial charge in [-0.2, -0.15) is 0 Å². The zero-order valence-electron chi connectivity index (χ0n) is 40.8. The molecule has 68 heavy (non-hydrogen) atoms. The fraction of sp³-hybridized carbons (Fsp3) is 0.345. The van der Waals surface area contributed by atoms with Crippen molar-refractivity contribution in [2.24, 2.45) is 0 Å². The first-order valence-corrected chi connectivity index (χ1v) is 23.6. The second kappa shape index (κ2) is 30.9. The lowest BCUT2D eigenvalue weighted by Crippen LogP contribution is -2.12. The molecule has 0 aliphatic heterocycles. The molecule has 0 spiro atoms. The average Bonchev–Trinajstić information content (AvgIpc) is 3.38. The Balaban J connectivity index is 1.07. The molecule has 10 nitrogen and oxygen atoms in total. The van der Waals surface area contributed by atoms with Crippen LogP contribution in [0.25, 0.3) is 48.6 Å². The number of methoxy groups -OCH3 is 4. The third-order valence-corrected chi connectivity index (χ3v) is 10.6. The molecule has 0 amide bonds. The van der Waals surface area contributed by atoms with Gasteiger partial charge < -0.3 is 47.4 Å². The van der Waals surface area contributed by atoms with Crippen LogP contribution in [0.15, 0.2) is 97.1 Å². The van der Waals surface area contributed by atoms with Gasteiger partial charge in [-0.1, -0.05) is 148 Å². The molecule has 0 fully saturated rings. The fourth-order valence-electron chi connectivity index (χ4n) is 6.74. The van der Waals surface area contributed by atoms with E-state index < -0.39 is 0 Å². The van der Waals surface area contributed by atoms with Crippen molar-refractivity contribution in [3.05, 3.63) is 142 Å². The van der Waals surface area contributed by atoms with E-state index in [4.69, 9.17) is 47.4 Å². The molecule has 0 bridgehead atoms. The van der Waals surface area contributed by atoms with Crippen molar-refractivity contribution in [3.8, 4) is 34.5 Å². The smallest absolute Gasteiger partial charge is 0.203 e. The van der Waals surface area contributed by atoms with E-state index >= 15 is 0 Å². The van der Waals surface area contributed by atoms with Gasteiger partial charge in [0, 0.05) is 13.2 Å². The molecule has 0 radical (unpaired) electrons. The van der Waals surface area contributed by atoms with E-state index in [1.54, 1.807) is 28.4 Å². The molecule has 5 rings (SSSR count). The molecule has 0 aliphatic rings. The van der Waals surface area contributed by atoms with E-state index in [1.807, 2.05) is 36.4 Å². The van der Waals surface area contributed by atoms with Gasteiger partial charge in [-0.05, 0) is 81.6 Å². The first-order valence-electron chi connectivity index (χ1n) is 23.6. The summed E-state index contributed by atoms with van der Waals surface area (Å²) < 4.78 is 57.0. The largest absolute Gasteiger partial charge is 0.493 e. The molecule has 0 unspecified atom stereocenters. The molecule has 0 aromatic heterocycles. The van der Waals surface area contributed by atoms with Crippen molar-refractivity contribution in [3.63, 3.8) is 0 Å². The summed E-state index contributed by atoms with van der Waals surface area (Å²) in [6.07, 6.45) is 21.1. The number of hydrogen-bond acceptors (Lipinski definition) is 10. The van der Waals surface area contributed by atoms with Crippen molar-refractivity contribution in [1.29, 1.82) is 0 Å². The highest BCUT2D eigenvalue weighted by Crippen LogP contribution is 2.40. The first-order chi connectivity index (χ1) is 33.5. The van der Waals surface area contributed by atoms with Crippen LogP contribution in [0.4, 0.5) is 0 Å². The van der Waals surface area contributed by atoms with Crippen LogP contribution in [-0.2, 0) is 18.9 Å². The quantitative estimate of drug-likeness (QED) is 0.0307. The lowest BCUT2D eigenvalue weighted by molar-refractivity contribution is 0.0350. The molecule has 362 valence electrons. The number of ether oxygens (including phenoxy) is 10. The molecule has 5 aromatic carbocycles. The summed E-state index contributed by atoms with van der Waals surface area (Å²) in [4.78, 5) is 0. The Kier molecular flexibility index (Phi) is 23.9. The van der Waals surface area contributed by atoms with E-state index in [0.29, 0.717) is 87.4 Å². The minimum Gasteiger partial charge on any atom is -0.493 e. The standard InChI is InChI=1S/C58H70O10/c1-7-9-31-63-33-35-65-37-39-67-57-53(59-3)41-51(42-54(57)60-4)29-27-49-23-19-47(20-24-49)17-15-45-11-13-46(14-12-45)16-18-48-21-25-50(26-22-48)28-30-52-43-55(61-5)58(56(44-52)62-6)68-40-38-66-36-34-64-32-10-8-2/h11-30,41-44H,7-10,31-40H2,1-6H3/b17-15+,18-16+,29-27+,30-28+. The van der Waals surface area contributed by atoms with Crippen LogP contribution in [0.3, 0.4) is 0 Å². The molecule has 0 atom stereocenters. The number of benzene rings is 5. The van der Waals surface area contributed by atoms with E-state index in [1.165, 1.54) is 0 Å². The van der Waals surface area contributed by atoms with Gasteiger partial charge in [0.1, 0.15) is 13.2 Å². The van der Waals surface area contributed by atoms with Crippen molar-refractivity contribution >= 4 is 48.6 Å². The van der Waals surface area contributed by atoms with Crippen LogP contribution >= 0.6 is 0 Å². The minimum absolute atomic E-state index is 0.370. The Bertz CT molecular complexity index is 2100. The molecular formula is C58H70O10. The Morgan fingerprint density at radius 1 is 0.294 bits per heavy atom. The summed E-state index contributed by atoms with van der Waals surface area (Å²) in [7, 11) is 6.50. The molecular weight excluding hydrogens is 857 g/mol. The van der Waals surface area contributed by atoms with Crippen LogP contribution in [0, 0.1) is 0 Å². The Morgan fingerprint density at radius 3 is 0.750 bits per heavy atom. The van der Waals surface area contributed by atoms with Gasteiger partial charge in [0.05, 0.1) is 68.1 Å². The maximum absolute atomic E-state index is 6.00. The Hall–Kier alpha value is -6.30. The summed E-state index contributed by atoms with van der Waals surface area (Å²) in [6.45, 7) is 9.68. The van der Waals surface area contributed by atoms with Gasteiger partial charge in [-0.15, -0.1) is 0 Å². The van der Waals surface area contributed by atoms with Crippen LogP contribution in [0.5, 0.6) is 34.5 Å². The van der Waals surface area contributed by atoms with Gasteiger partial charge in [0.15, 0.2) is 23.0 Å². The molecule has 0 N–H and O–H groups in total. The normalized spacial score (nSPS) is 11.6. The van der Waals surface area contributed by atoms with Crippen molar-refractivity contribution in [2.75, 3.05) is 94.5 Å². The van der Waals surface area contributed by atoms with Gasteiger partial charge in [-0.25, -0.2) is 0 Å². The van der Waals surface area contributed by atoms with Crippen molar-refractivity contribution in [1.82, 2.24) is 0 Å². The predicted molar refractivity (Wildman–Crippen MR) is 278 cm³/mol. The number of unbranched alkanes of at least 4 members (excludes halogenated alkanes) is 2. The average molecular weight is 927 g/mol. The van der Waals surface area contributed by atoms with E-state index in [-0.39, 0.29) is 0 Å². The van der Waals surface area contributed by atoms with Crippen LogP contribution in [0.1, 0.15) is 84.0 Å². The van der Waals surface area contributed by atoms with E-state index in [0.717, 1.165) is 83.4 Å². The number of rotatable bonds is 32. The summed E-state index contributed by atoms with van der Waals surface area (Å²) >= 11 is 0. The van der Waals surface area contributed by atoms with Gasteiger partial charge >= 0.3 is 0 Å². The van der Waals surface area contributed by atoms with Crippen LogP contribution < -0.4 is 28.4 Å². The zero-order valence-corrected chi connectivity index (χ0v) is 40.8. The van der Waals surface area contributed by atoms with Gasteiger partial charge in [0.25, 0.3) is 0 Å². The Morgan fingerprint density at radius 2 is 0.515 bits per heavy atom. The predicted octanol–water partition coefficient (Wildman–Crippen LogP) is 12.8. The SMILES string of the molecule is CCCCOCCOCCOc1c(OC)cc(/C=C/c2ccc(/C=C/c3ccc(/C=C/c4ccc(/C=C/c5cc(OC)c(OCCOCCOCCCC)c(OC)c5)cc4)cc3)cc2)cc1OC. The first kappa shape index (κ1) is 52.7. The van der Waals surface area contributed by atoms with Crippen LogP contribution in [-0.4, -0.2) is 94.5 Å². The highest BCUT2D eigenvalue weighted by atomic mass is 16.6. The summed E-state index contributed by atoms with van der Waals surface area (Å²) in [5.41, 5.74) is 8.49. The number of hydrogen-bond donors (Lipinski definition) is 0. The third kappa shape index (κ3) is 18.4. The fourth-order valence-corrected chi connectivity index (χ4v) is 6.74. The third-order valence-electron chi connectivity index (χ3n) is 10.6. The van der Waals surface area contributed by atoms with Crippen molar-refractivity contribution < 1.29 is 47.4 Å². The zero-order chi connectivity index (χ0) is 48.0. The van der Waals surface area contributed by atoms with E-state index in [2.05, 4.69) is 123 Å². The van der Waals surface area contributed by atoms with Crippen molar-refractivity contribution in [2.45, 2.75) is 39.5 Å². The Labute approximate surface area is 404 Å². The highest BCUT2D eigenvalue weighted by Gasteiger charge is 2.15. The summed E-state index contributed by atoms with van der Waals surface area (Å²) in [5, 5.41) is 0. The monoisotopic (exact) mass is 926 g/mol. The molecule has 0 aliphatic carbocycles. The van der Waals surface area contributed by atoms with Gasteiger partial charge in [0.2, 0.25) is 11.5 Å². The molecule has 0 saturated heterocycles. The maximum atomic E-state index is 6.00. The van der Waals surface area contributed by atoms with Crippen LogP contribution in [0.2, 0.25) is 0 Å². The second-order valence-electron chi connectivity index (χ2n) is 15.7. The molecule has 0 heterocycles. The lowest BCUT2D eigenvalue weighted by atomic mass is 10.1. The minimum atomic E-state index is 0.370.